The van der Waals surface area contributed by atoms with E-state index in [1.54, 1.807) is 12.2 Å². The summed E-state index contributed by atoms with van der Waals surface area (Å²) in [7, 11) is 0. The first-order valence-corrected chi connectivity index (χ1v) is 8.31. The second kappa shape index (κ2) is 18.2. The van der Waals surface area contributed by atoms with Gasteiger partial charge in [-0.25, -0.2) is 0 Å². The molecule has 0 spiro atoms. The maximum Gasteiger partial charge on any atom is 1.00 e. The van der Waals surface area contributed by atoms with Crippen LogP contribution in [0.3, 0.4) is 0 Å². The molecule has 0 aliphatic heterocycles. The summed E-state index contributed by atoms with van der Waals surface area (Å²) in [5.74, 6) is -1.10. The van der Waals surface area contributed by atoms with E-state index in [0.29, 0.717) is 32.7 Å². The molecule has 0 amide bonds. The Balaban J connectivity index is 0. The van der Waals surface area contributed by atoms with Gasteiger partial charge in [-0.2, -0.15) is 0 Å². The van der Waals surface area contributed by atoms with Crippen LogP contribution in [0.4, 0.5) is 0 Å². The average Bonchev–Trinajstić information content (AvgIpc) is 2.52. The van der Waals surface area contributed by atoms with Crippen molar-refractivity contribution in [2.24, 2.45) is 0 Å². The summed E-state index contributed by atoms with van der Waals surface area (Å²) in [5, 5.41) is 33.3. The number of carboxylic acids is 1. The van der Waals surface area contributed by atoms with Crippen LogP contribution in [0.2, 0.25) is 0 Å². The second-order valence-corrected chi connectivity index (χ2v) is 5.43. The molecule has 0 aromatic heterocycles. The Morgan fingerprint density at radius 3 is 2.25 bits per heavy atom. The van der Waals surface area contributed by atoms with Gasteiger partial charge in [-0.3, -0.25) is 4.90 Å². The summed E-state index contributed by atoms with van der Waals surface area (Å²) in [6.45, 7) is 6.35. The van der Waals surface area contributed by atoms with Gasteiger partial charge in [-0.05, 0) is 19.3 Å². The molecular weight excluding hydrogens is 335 g/mol. The van der Waals surface area contributed by atoms with Crippen molar-refractivity contribution >= 4 is 5.97 Å². The molecule has 0 aromatic carbocycles. The number of hydrogen-bond acceptors (Lipinski definition) is 6. The van der Waals surface area contributed by atoms with Gasteiger partial charge in [-0.1, -0.05) is 38.2 Å². The smallest absolute Gasteiger partial charge is 0.550 e. The first-order valence-electron chi connectivity index (χ1n) is 8.31. The maximum atomic E-state index is 10.6. The minimum atomic E-state index is -1.10. The molecule has 7 heteroatoms. The first-order chi connectivity index (χ1) is 11.0. The minimum Gasteiger partial charge on any atom is -0.550 e. The fourth-order valence-corrected chi connectivity index (χ4v) is 2.01. The van der Waals surface area contributed by atoms with Crippen LogP contribution in [-0.2, 0) is 4.79 Å². The zero-order chi connectivity index (χ0) is 17.5. The third-order valence-corrected chi connectivity index (χ3v) is 3.22. The fraction of sp³-hybridized carbons (Fsp3) is 0.706. The molecule has 0 saturated heterocycles. The van der Waals surface area contributed by atoms with Crippen LogP contribution in [0, 0.1) is 0 Å². The number of aliphatic hydroxyl groups is 2. The Hall–Kier alpha value is 0.426. The van der Waals surface area contributed by atoms with Crippen LogP contribution in [0.25, 0.3) is 0 Å². The van der Waals surface area contributed by atoms with E-state index in [9.17, 15) is 20.1 Å². The molecule has 2 unspecified atom stereocenters. The van der Waals surface area contributed by atoms with Crippen molar-refractivity contribution < 1.29 is 71.5 Å². The molecule has 0 fully saturated rings. The molecule has 0 aliphatic rings. The van der Waals surface area contributed by atoms with E-state index in [0.717, 1.165) is 12.8 Å². The number of aliphatic hydroxyl groups excluding tert-OH is 2. The number of hydrogen-bond donors (Lipinski definition) is 3. The van der Waals surface area contributed by atoms with Gasteiger partial charge in [-0.15, -0.1) is 0 Å². The number of rotatable bonds is 14. The summed E-state index contributed by atoms with van der Waals surface area (Å²) in [5.41, 5.74) is 0. The molecule has 0 aliphatic carbocycles. The van der Waals surface area contributed by atoms with Crippen molar-refractivity contribution in [3.63, 3.8) is 0 Å². The van der Waals surface area contributed by atoms with E-state index in [2.05, 4.69) is 5.32 Å². The van der Waals surface area contributed by atoms with Gasteiger partial charge < -0.3 is 25.4 Å². The van der Waals surface area contributed by atoms with Crippen LogP contribution >= 0.6 is 0 Å². The number of allylic oxidation sites excluding steroid dienone is 2. The molecule has 2 atom stereocenters. The molecule has 134 valence electrons. The molecule has 24 heavy (non-hydrogen) atoms. The Bertz CT molecular complexity index is 364. The van der Waals surface area contributed by atoms with E-state index < -0.39 is 18.2 Å². The average molecular weight is 367 g/mol. The number of carbonyl (C=O) groups is 1. The van der Waals surface area contributed by atoms with Crippen molar-refractivity contribution in [2.45, 2.75) is 45.3 Å². The van der Waals surface area contributed by atoms with Crippen LogP contribution in [0.15, 0.2) is 24.3 Å². The predicted molar refractivity (Wildman–Crippen MR) is 89.8 cm³/mol. The normalized spacial score (nSPS) is 14.2. The van der Waals surface area contributed by atoms with Gasteiger partial charge in [0.05, 0.1) is 12.2 Å². The maximum absolute atomic E-state index is 10.6. The third kappa shape index (κ3) is 17.3. The summed E-state index contributed by atoms with van der Waals surface area (Å²) in [4.78, 5) is 12.5. The monoisotopic (exact) mass is 366 g/mol. The van der Waals surface area contributed by atoms with Gasteiger partial charge in [0.1, 0.15) is 0 Å². The van der Waals surface area contributed by atoms with Crippen molar-refractivity contribution in [3.05, 3.63) is 24.3 Å². The Morgan fingerprint density at radius 2 is 1.71 bits per heavy atom. The van der Waals surface area contributed by atoms with Crippen molar-refractivity contribution in [3.8, 4) is 0 Å². The van der Waals surface area contributed by atoms with Crippen LogP contribution in [0.5, 0.6) is 0 Å². The Labute approximate surface area is 188 Å². The molecule has 3 N–H and O–H groups in total. The van der Waals surface area contributed by atoms with Crippen LogP contribution in [-0.4, -0.2) is 66.0 Å². The zero-order valence-electron chi connectivity index (χ0n) is 15.3. The number of carbonyl (C=O) groups excluding carboxylic acids is 1. The van der Waals surface area contributed by atoms with Gasteiger partial charge in [0.15, 0.2) is 0 Å². The number of carboxylic acid groups (broad SMARTS) is 1. The van der Waals surface area contributed by atoms with Gasteiger partial charge in [0, 0.05) is 38.7 Å². The first kappa shape index (κ1) is 26.7. The Morgan fingerprint density at radius 1 is 1.12 bits per heavy atom. The summed E-state index contributed by atoms with van der Waals surface area (Å²) < 4.78 is 0. The summed E-state index contributed by atoms with van der Waals surface area (Å²) in [6, 6.07) is 0. The molecule has 0 rings (SSSR count). The number of nitrogens with zero attached hydrogens (tertiary/aromatic N) is 1. The Kier molecular flexibility index (Phi) is 20.2. The van der Waals surface area contributed by atoms with E-state index in [1.165, 1.54) is 0 Å². The largest absolute Gasteiger partial charge is 1.00 e. The summed E-state index contributed by atoms with van der Waals surface area (Å²) in [6.07, 6.45) is 7.80. The third-order valence-electron chi connectivity index (χ3n) is 3.22. The van der Waals surface area contributed by atoms with Gasteiger partial charge >= 0.3 is 51.4 Å². The zero-order valence-corrected chi connectivity index (χ0v) is 18.4. The minimum absolute atomic E-state index is 0. The molecule has 0 heterocycles. The van der Waals surface area contributed by atoms with Crippen molar-refractivity contribution in [1.29, 1.82) is 0 Å². The van der Waals surface area contributed by atoms with Crippen LogP contribution < -0.4 is 61.8 Å². The second-order valence-electron chi connectivity index (χ2n) is 5.43. The molecular formula is C17H31KN2O4. The van der Waals surface area contributed by atoms with E-state index in [4.69, 9.17) is 0 Å². The van der Waals surface area contributed by atoms with E-state index in [1.807, 2.05) is 30.9 Å². The van der Waals surface area contributed by atoms with Crippen molar-refractivity contribution in [1.82, 2.24) is 10.2 Å². The van der Waals surface area contributed by atoms with Gasteiger partial charge in [0.25, 0.3) is 0 Å². The van der Waals surface area contributed by atoms with Gasteiger partial charge in [0.2, 0.25) is 0 Å². The van der Waals surface area contributed by atoms with Crippen molar-refractivity contribution in [2.75, 3.05) is 32.7 Å². The molecule has 0 bridgehead atoms. The standard InChI is InChI=1S/C17H32N2O4.K/c1-3-5-7-15(20)13-18-10-12-19(11-9-17(22)23)14-16(21)8-6-4-2;/h5-8,15-16,18,20-21H,3-4,9-14H2,1-2H3,(H,22,23);/q;+1/p-1/b7-5+,8-6+;. The number of aliphatic carboxylic acids is 1. The van der Waals surface area contributed by atoms with E-state index >= 15 is 0 Å². The topological polar surface area (TPSA) is 95.9 Å². The molecule has 0 aromatic rings. The molecule has 0 radical (unpaired) electrons. The summed E-state index contributed by atoms with van der Waals surface area (Å²) >= 11 is 0. The quantitative estimate of drug-likeness (QED) is 0.169. The van der Waals surface area contributed by atoms with E-state index in [-0.39, 0.29) is 57.8 Å². The predicted octanol–water partition coefficient (Wildman–Crippen LogP) is -3.32. The van der Waals surface area contributed by atoms with Crippen LogP contribution in [0.1, 0.15) is 33.1 Å². The molecule has 0 saturated carbocycles. The fourth-order valence-electron chi connectivity index (χ4n) is 2.01. The number of nitrogens with one attached hydrogen (secondary N) is 1. The molecule has 6 nitrogen and oxygen atoms in total. The SMILES string of the molecule is CC/C=C/C(O)CNCCN(CCC(=O)[O-])CC(O)/C=C/CC.[K+].